The molecule has 2 aromatic carbocycles. The monoisotopic (exact) mass is 400 g/mol. The first-order valence-corrected chi connectivity index (χ1v) is 8.88. The van der Waals surface area contributed by atoms with E-state index in [1.807, 2.05) is 0 Å². The van der Waals surface area contributed by atoms with Gasteiger partial charge in [-0.15, -0.1) is 0 Å². The molecule has 0 saturated heterocycles. The molecule has 0 aromatic heterocycles. The lowest BCUT2D eigenvalue weighted by Crippen LogP contribution is -2.25. The van der Waals surface area contributed by atoms with Gasteiger partial charge in [0.2, 0.25) is 10.0 Å². The fraction of sp³-hybridized carbons (Fsp3) is 0.133. The Labute approximate surface area is 141 Å². The van der Waals surface area contributed by atoms with Crippen molar-refractivity contribution in [3.63, 3.8) is 0 Å². The van der Waals surface area contributed by atoms with Crippen molar-refractivity contribution in [3.05, 3.63) is 63.4 Å². The van der Waals surface area contributed by atoms with E-state index in [0.717, 1.165) is 0 Å². The number of nitrogens with two attached hydrogens (primary N) is 1. The number of primary sulfonamides is 1. The number of halogens is 2. The fourth-order valence-corrected chi connectivity index (χ4v) is 2.92. The SMILES string of the molecule is Cc1ccc(S(N)(=O)=O)cc1C(=O)NCc1cc(Br)ccc1F. The second-order valence-corrected chi connectivity index (χ2v) is 7.42. The number of amides is 1. The van der Waals surface area contributed by atoms with E-state index in [9.17, 15) is 17.6 Å². The molecule has 0 radical (unpaired) electrons. The Morgan fingerprint density at radius 2 is 1.96 bits per heavy atom. The lowest BCUT2D eigenvalue weighted by atomic mass is 10.1. The minimum Gasteiger partial charge on any atom is -0.348 e. The Morgan fingerprint density at radius 1 is 1.26 bits per heavy atom. The van der Waals surface area contributed by atoms with Crippen molar-refractivity contribution in [2.45, 2.75) is 18.4 Å². The molecule has 0 saturated carbocycles. The van der Waals surface area contributed by atoms with Gasteiger partial charge in [-0.1, -0.05) is 22.0 Å². The molecule has 1 amide bonds. The topological polar surface area (TPSA) is 89.3 Å². The zero-order valence-corrected chi connectivity index (χ0v) is 14.5. The summed E-state index contributed by atoms with van der Waals surface area (Å²) in [5.74, 6) is -0.948. The molecule has 0 aliphatic rings. The average molecular weight is 401 g/mol. The molecule has 122 valence electrons. The van der Waals surface area contributed by atoms with E-state index in [4.69, 9.17) is 5.14 Å². The smallest absolute Gasteiger partial charge is 0.251 e. The minimum atomic E-state index is -3.90. The summed E-state index contributed by atoms with van der Waals surface area (Å²) in [7, 11) is -3.90. The third-order valence-corrected chi connectivity index (χ3v) is 4.63. The first-order chi connectivity index (χ1) is 10.7. The maximum Gasteiger partial charge on any atom is 0.251 e. The number of carbonyl (C=O) groups excluding carboxylic acids is 1. The summed E-state index contributed by atoms with van der Waals surface area (Å²) in [4.78, 5) is 12.1. The van der Waals surface area contributed by atoms with Crippen LogP contribution in [0, 0.1) is 12.7 Å². The Balaban J connectivity index is 2.22. The van der Waals surface area contributed by atoms with Crippen molar-refractivity contribution in [1.29, 1.82) is 0 Å². The highest BCUT2D eigenvalue weighted by atomic mass is 79.9. The van der Waals surface area contributed by atoms with E-state index in [1.54, 1.807) is 19.1 Å². The summed E-state index contributed by atoms with van der Waals surface area (Å²) >= 11 is 3.23. The second kappa shape index (κ2) is 6.77. The van der Waals surface area contributed by atoms with Gasteiger partial charge in [-0.05, 0) is 42.8 Å². The molecule has 23 heavy (non-hydrogen) atoms. The lowest BCUT2D eigenvalue weighted by Gasteiger charge is -2.10. The summed E-state index contributed by atoms with van der Waals surface area (Å²) in [6.07, 6.45) is 0. The van der Waals surface area contributed by atoms with E-state index in [2.05, 4.69) is 21.2 Å². The van der Waals surface area contributed by atoms with Crippen LogP contribution < -0.4 is 10.5 Å². The molecule has 0 spiro atoms. The van der Waals surface area contributed by atoms with Gasteiger partial charge >= 0.3 is 0 Å². The highest BCUT2D eigenvalue weighted by Gasteiger charge is 2.15. The highest BCUT2D eigenvalue weighted by Crippen LogP contribution is 2.17. The van der Waals surface area contributed by atoms with Crippen molar-refractivity contribution < 1.29 is 17.6 Å². The van der Waals surface area contributed by atoms with E-state index >= 15 is 0 Å². The highest BCUT2D eigenvalue weighted by molar-refractivity contribution is 9.10. The van der Waals surface area contributed by atoms with Crippen LogP contribution in [0.1, 0.15) is 21.5 Å². The Bertz CT molecular complexity index is 869. The molecule has 0 unspecified atom stereocenters. The maximum absolute atomic E-state index is 13.7. The molecule has 2 aromatic rings. The van der Waals surface area contributed by atoms with Crippen molar-refractivity contribution in [2.75, 3.05) is 0 Å². The van der Waals surface area contributed by atoms with E-state index in [0.29, 0.717) is 15.6 Å². The molecule has 2 rings (SSSR count). The number of hydrogen-bond acceptors (Lipinski definition) is 3. The van der Waals surface area contributed by atoms with Crippen LogP contribution in [0.3, 0.4) is 0 Å². The lowest BCUT2D eigenvalue weighted by molar-refractivity contribution is 0.0949. The first-order valence-electron chi connectivity index (χ1n) is 6.54. The molecule has 0 atom stereocenters. The van der Waals surface area contributed by atoms with Crippen LogP contribution >= 0.6 is 15.9 Å². The van der Waals surface area contributed by atoms with Crippen molar-refractivity contribution in [1.82, 2.24) is 5.32 Å². The summed E-state index contributed by atoms with van der Waals surface area (Å²) in [6.45, 7) is 1.64. The average Bonchev–Trinajstić information content (AvgIpc) is 2.47. The zero-order valence-electron chi connectivity index (χ0n) is 12.1. The number of rotatable bonds is 4. The van der Waals surface area contributed by atoms with Gasteiger partial charge in [0.05, 0.1) is 4.90 Å². The Hall–Kier alpha value is -1.77. The summed E-state index contributed by atoms with van der Waals surface area (Å²) in [6, 6.07) is 8.43. The number of carbonyl (C=O) groups is 1. The Kier molecular flexibility index (Phi) is 5.18. The van der Waals surface area contributed by atoms with Crippen LogP contribution in [0.4, 0.5) is 4.39 Å². The molecule has 0 aliphatic carbocycles. The predicted octanol–water partition coefficient (Wildman–Crippen LogP) is 2.47. The fourth-order valence-electron chi connectivity index (χ4n) is 1.97. The number of hydrogen-bond donors (Lipinski definition) is 2. The zero-order chi connectivity index (χ0) is 17.2. The number of benzene rings is 2. The second-order valence-electron chi connectivity index (χ2n) is 4.94. The van der Waals surface area contributed by atoms with Gasteiger partial charge in [0.25, 0.3) is 5.91 Å². The molecule has 8 heteroatoms. The molecule has 0 heterocycles. The summed E-state index contributed by atoms with van der Waals surface area (Å²) in [5.41, 5.74) is 1.07. The Morgan fingerprint density at radius 3 is 2.61 bits per heavy atom. The molecule has 3 N–H and O–H groups in total. The third-order valence-electron chi connectivity index (χ3n) is 3.23. The quantitative estimate of drug-likeness (QED) is 0.825. The molecule has 0 bridgehead atoms. The molecular formula is C15H14BrFN2O3S. The summed E-state index contributed by atoms with van der Waals surface area (Å²) < 4.78 is 37.1. The minimum absolute atomic E-state index is 0.0247. The third kappa shape index (κ3) is 4.37. The van der Waals surface area contributed by atoms with Crippen LogP contribution in [0.15, 0.2) is 45.8 Å². The van der Waals surface area contributed by atoms with Crippen LogP contribution in [0.25, 0.3) is 0 Å². The van der Waals surface area contributed by atoms with Gasteiger partial charge in [0, 0.05) is 22.1 Å². The number of sulfonamides is 1. The van der Waals surface area contributed by atoms with E-state index in [1.165, 1.54) is 24.3 Å². The maximum atomic E-state index is 13.7. The van der Waals surface area contributed by atoms with E-state index in [-0.39, 0.29) is 17.0 Å². The van der Waals surface area contributed by atoms with E-state index < -0.39 is 21.7 Å². The largest absolute Gasteiger partial charge is 0.348 e. The van der Waals surface area contributed by atoms with Gasteiger partial charge < -0.3 is 5.32 Å². The molecular weight excluding hydrogens is 387 g/mol. The van der Waals surface area contributed by atoms with Crippen molar-refractivity contribution >= 4 is 31.9 Å². The number of nitrogens with one attached hydrogen (secondary N) is 1. The van der Waals surface area contributed by atoms with Gasteiger partial charge in [0.15, 0.2) is 0 Å². The standard InChI is InChI=1S/C15H14BrFN2O3S/c1-9-2-4-12(23(18,21)22)7-13(9)15(20)19-8-10-6-11(16)3-5-14(10)17/h2-7H,8H2,1H3,(H,19,20)(H2,18,21,22). The van der Waals surface area contributed by atoms with Crippen LogP contribution in [-0.2, 0) is 16.6 Å². The normalized spacial score (nSPS) is 11.3. The summed E-state index contributed by atoms with van der Waals surface area (Å²) in [5, 5.41) is 7.63. The first kappa shape index (κ1) is 17.6. The van der Waals surface area contributed by atoms with Gasteiger partial charge in [0.1, 0.15) is 5.82 Å². The van der Waals surface area contributed by atoms with Crippen LogP contribution in [0.5, 0.6) is 0 Å². The molecule has 0 aliphatic heterocycles. The predicted molar refractivity (Wildman–Crippen MR) is 87.8 cm³/mol. The van der Waals surface area contributed by atoms with Crippen molar-refractivity contribution in [3.8, 4) is 0 Å². The molecule has 0 fully saturated rings. The van der Waals surface area contributed by atoms with Crippen LogP contribution in [-0.4, -0.2) is 14.3 Å². The van der Waals surface area contributed by atoms with Crippen LogP contribution in [0.2, 0.25) is 0 Å². The van der Waals surface area contributed by atoms with Gasteiger partial charge in [-0.2, -0.15) is 0 Å². The van der Waals surface area contributed by atoms with Crippen molar-refractivity contribution in [2.24, 2.45) is 5.14 Å². The number of aryl methyl sites for hydroxylation is 1. The van der Waals surface area contributed by atoms with Gasteiger partial charge in [-0.25, -0.2) is 17.9 Å². The molecule has 5 nitrogen and oxygen atoms in total. The van der Waals surface area contributed by atoms with Gasteiger partial charge in [-0.3, -0.25) is 4.79 Å².